The van der Waals surface area contributed by atoms with E-state index in [0.717, 1.165) is 35.9 Å². The van der Waals surface area contributed by atoms with Crippen molar-refractivity contribution in [1.82, 2.24) is 5.32 Å². The lowest BCUT2D eigenvalue weighted by Gasteiger charge is -2.18. The summed E-state index contributed by atoms with van der Waals surface area (Å²) in [4.78, 5) is 26.4. The minimum absolute atomic E-state index is 0.0410. The van der Waals surface area contributed by atoms with Crippen LogP contribution in [0.1, 0.15) is 23.2 Å². The number of amides is 2. The lowest BCUT2D eigenvalue weighted by molar-refractivity contribution is -0.120. The number of nitrogens with one attached hydrogen (secondary N) is 1. The van der Waals surface area contributed by atoms with Crippen LogP contribution in [0.5, 0.6) is 0 Å². The number of rotatable bonds is 4. The lowest BCUT2D eigenvalue weighted by atomic mass is 10.1. The van der Waals surface area contributed by atoms with Gasteiger partial charge in [0.25, 0.3) is 5.91 Å². The average Bonchev–Trinajstić information content (AvgIpc) is 3.17. The fraction of sp³-hybridized carbons (Fsp3) is 0.333. The van der Waals surface area contributed by atoms with Crippen LogP contribution in [0.3, 0.4) is 0 Å². The summed E-state index contributed by atoms with van der Waals surface area (Å²) in [5, 5.41) is 4.83. The van der Waals surface area contributed by atoms with Crippen molar-refractivity contribution in [2.45, 2.75) is 18.9 Å². The van der Waals surface area contributed by atoms with Crippen molar-refractivity contribution in [2.24, 2.45) is 0 Å². The highest BCUT2D eigenvalue weighted by molar-refractivity contribution is 6.26. The molecule has 1 saturated heterocycles. The van der Waals surface area contributed by atoms with Gasteiger partial charge in [0, 0.05) is 24.1 Å². The summed E-state index contributed by atoms with van der Waals surface area (Å²) in [5.41, 5.74) is 1.49. The topological polar surface area (TPSA) is 58.6 Å². The number of carbonyl (C=O) groups is 2. The van der Waals surface area contributed by atoms with Crippen molar-refractivity contribution in [3.8, 4) is 0 Å². The zero-order chi connectivity index (χ0) is 15.8. The van der Waals surface area contributed by atoms with E-state index >= 15 is 0 Å². The molecule has 1 N–H and O–H groups in total. The quantitative estimate of drug-likeness (QED) is 0.941. The number of hydrogen-bond donors (Lipinski definition) is 1. The van der Waals surface area contributed by atoms with Gasteiger partial charge in [-0.2, -0.15) is 0 Å². The Balaban J connectivity index is 1.51. The van der Waals surface area contributed by atoms with Crippen molar-refractivity contribution in [3.05, 3.63) is 42.0 Å². The van der Waals surface area contributed by atoms with Crippen LogP contribution in [0, 0.1) is 0 Å². The smallest absolute Gasteiger partial charge is 0.259 e. The van der Waals surface area contributed by atoms with Crippen LogP contribution in [0.15, 0.2) is 36.4 Å². The first-order chi connectivity index (χ1) is 11.2. The van der Waals surface area contributed by atoms with Gasteiger partial charge in [-0.05, 0) is 30.4 Å². The molecule has 4 rings (SSSR count). The summed E-state index contributed by atoms with van der Waals surface area (Å²) in [6, 6.07) is 11.5. The molecule has 2 amide bonds. The largest absolute Gasteiger partial charge is 0.376 e. The molecule has 0 aliphatic carbocycles. The predicted molar refractivity (Wildman–Crippen MR) is 87.6 cm³/mol. The highest BCUT2D eigenvalue weighted by atomic mass is 16.5. The number of anilines is 1. The molecule has 2 aliphatic rings. The Morgan fingerprint density at radius 1 is 1.26 bits per heavy atom. The number of nitrogens with zero attached hydrogens (tertiary/aromatic N) is 1. The van der Waals surface area contributed by atoms with Gasteiger partial charge in [0.1, 0.15) is 6.54 Å². The van der Waals surface area contributed by atoms with Crippen molar-refractivity contribution in [2.75, 3.05) is 24.6 Å². The molecule has 118 valence electrons. The summed E-state index contributed by atoms with van der Waals surface area (Å²) in [7, 11) is 0. The summed E-state index contributed by atoms with van der Waals surface area (Å²) >= 11 is 0. The van der Waals surface area contributed by atoms with Gasteiger partial charge in [0.15, 0.2) is 0 Å². The van der Waals surface area contributed by atoms with Crippen molar-refractivity contribution in [3.63, 3.8) is 0 Å². The maximum Gasteiger partial charge on any atom is 0.259 e. The summed E-state index contributed by atoms with van der Waals surface area (Å²) < 4.78 is 5.50. The van der Waals surface area contributed by atoms with E-state index in [0.29, 0.717) is 12.1 Å². The van der Waals surface area contributed by atoms with E-state index in [9.17, 15) is 9.59 Å². The molecule has 2 heterocycles. The molecule has 2 aromatic rings. The van der Waals surface area contributed by atoms with Gasteiger partial charge in [0.05, 0.1) is 11.8 Å². The van der Waals surface area contributed by atoms with Crippen LogP contribution in [0.2, 0.25) is 0 Å². The molecule has 1 atom stereocenters. The second-order valence-corrected chi connectivity index (χ2v) is 6.01. The molecule has 0 radical (unpaired) electrons. The monoisotopic (exact) mass is 310 g/mol. The predicted octanol–water partition coefficient (Wildman–Crippen LogP) is 2.10. The van der Waals surface area contributed by atoms with Crippen molar-refractivity contribution >= 4 is 28.3 Å². The van der Waals surface area contributed by atoms with Crippen molar-refractivity contribution in [1.29, 1.82) is 0 Å². The Morgan fingerprint density at radius 3 is 2.87 bits per heavy atom. The maximum absolute atomic E-state index is 12.6. The highest BCUT2D eigenvalue weighted by Crippen LogP contribution is 2.36. The molecular formula is C18H18N2O3. The van der Waals surface area contributed by atoms with E-state index in [2.05, 4.69) is 5.32 Å². The Kier molecular flexibility index (Phi) is 3.50. The van der Waals surface area contributed by atoms with E-state index in [-0.39, 0.29) is 24.5 Å². The van der Waals surface area contributed by atoms with Gasteiger partial charge >= 0.3 is 0 Å². The molecule has 5 heteroatoms. The first-order valence-corrected chi connectivity index (χ1v) is 7.96. The van der Waals surface area contributed by atoms with Gasteiger partial charge in [0.2, 0.25) is 5.91 Å². The molecule has 23 heavy (non-hydrogen) atoms. The fourth-order valence-electron chi connectivity index (χ4n) is 3.37. The van der Waals surface area contributed by atoms with Crippen LogP contribution in [0.25, 0.3) is 10.8 Å². The minimum Gasteiger partial charge on any atom is -0.376 e. The molecule has 1 fully saturated rings. The van der Waals surface area contributed by atoms with E-state index in [4.69, 9.17) is 4.74 Å². The molecule has 2 aromatic carbocycles. The van der Waals surface area contributed by atoms with E-state index < -0.39 is 0 Å². The van der Waals surface area contributed by atoms with Gasteiger partial charge in [-0.3, -0.25) is 14.5 Å². The van der Waals surface area contributed by atoms with Crippen LogP contribution < -0.4 is 10.2 Å². The summed E-state index contributed by atoms with van der Waals surface area (Å²) in [6.45, 7) is 1.32. The molecule has 5 nitrogen and oxygen atoms in total. The maximum atomic E-state index is 12.6. The molecule has 0 bridgehead atoms. The lowest BCUT2D eigenvalue weighted by Crippen LogP contribution is -2.41. The van der Waals surface area contributed by atoms with Crippen LogP contribution in [0.4, 0.5) is 5.69 Å². The average molecular weight is 310 g/mol. The third-order valence-corrected chi connectivity index (χ3v) is 4.50. The highest BCUT2D eigenvalue weighted by Gasteiger charge is 2.30. The fourth-order valence-corrected chi connectivity index (χ4v) is 3.37. The number of ether oxygens (including phenoxy) is 1. The number of hydrogen-bond acceptors (Lipinski definition) is 3. The third-order valence-electron chi connectivity index (χ3n) is 4.50. The standard InChI is InChI=1S/C18H18N2O3/c21-16(19-10-13-6-3-9-23-13)11-20-15-8-2-5-12-4-1-7-14(17(12)15)18(20)22/h1-2,4-5,7-8,13H,3,6,9-11H2,(H,19,21)/t13-/m0/s1. The molecule has 0 spiro atoms. The van der Waals surface area contributed by atoms with Crippen LogP contribution >= 0.6 is 0 Å². The zero-order valence-electron chi connectivity index (χ0n) is 12.7. The SMILES string of the molecule is O=C(CN1C(=O)c2cccc3cccc1c23)NC[C@@H]1CCCO1. The van der Waals surface area contributed by atoms with Gasteiger partial charge in [-0.15, -0.1) is 0 Å². The zero-order valence-corrected chi connectivity index (χ0v) is 12.7. The number of carbonyl (C=O) groups excluding carboxylic acids is 2. The van der Waals surface area contributed by atoms with Gasteiger partial charge < -0.3 is 10.1 Å². The van der Waals surface area contributed by atoms with Crippen molar-refractivity contribution < 1.29 is 14.3 Å². The Bertz CT molecular complexity index is 776. The molecule has 0 aromatic heterocycles. The number of benzene rings is 2. The Hall–Kier alpha value is -2.40. The second kappa shape index (κ2) is 5.66. The van der Waals surface area contributed by atoms with Crippen LogP contribution in [-0.2, 0) is 9.53 Å². The molecule has 2 aliphatic heterocycles. The van der Waals surface area contributed by atoms with E-state index in [1.54, 1.807) is 4.90 Å². The third kappa shape index (κ3) is 2.47. The van der Waals surface area contributed by atoms with E-state index in [1.165, 1.54) is 0 Å². The summed E-state index contributed by atoms with van der Waals surface area (Å²) in [6.07, 6.45) is 2.13. The first kappa shape index (κ1) is 14.2. The van der Waals surface area contributed by atoms with Gasteiger partial charge in [-0.1, -0.05) is 24.3 Å². The molecule has 0 unspecified atom stereocenters. The Labute approximate surface area is 134 Å². The Morgan fingerprint density at radius 2 is 2.09 bits per heavy atom. The van der Waals surface area contributed by atoms with E-state index in [1.807, 2.05) is 36.4 Å². The van der Waals surface area contributed by atoms with Gasteiger partial charge in [-0.25, -0.2) is 0 Å². The normalized spacial score (nSPS) is 19.6. The first-order valence-electron chi connectivity index (χ1n) is 7.96. The molecule has 0 saturated carbocycles. The summed E-state index contributed by atoms with van der Waals surface area (Å²) in [5.74, 6) is -0.261. The molecular weight excluding hydrogens is 292 g/mol. The second-order valence-electron chi connectivity index (χ2n) is 6.01. The minimum atomic E-state index is -0.154. The van der Waals surface area contributed by atoms with Crippen LogP contribution in [-0.4, -0.2) is 37.6 Å².